The van der Waals surface area contributed by atoms with Crippen LogP contribution in [-0.2, 0) is 11.3 Å². The molecule has 2 aromatic rings. The zero-order valence-corrected chi connectivity index (χ0v) is 12.5. The molecular weight excluding hydrogens is 296 g/mol. The van der Waals surface area contributed by atoms with Crippen LogP contribution in [-0.4, -0.2) is 16.1 Å². The van der Waals surface area contributed by atoms with Crippen LogP contribution in [0.4, 0.5) is 5.69 Å². The van der Waals surface area contributed by atoms with Crippen LogP contribution >= 0.6 is 22.9 Å². The van der Waals surface area contributed by atoms with Crippen molar-refractivity contribution in [3.05, 3.63) is 45.4 Å². The minimum Gasteiger partial charge on any atom is -0.481 e. The molecule has 0 fully saturated rings. The number of rotatable bonds is 6. The number of aliphatic carboxylic acids is 1. The highest BCUT2D eigenvalue weighted by Crippen LogP contribution is 2.22. The van der Waals surface area contributed by atoms with Crippen molar-refractivity contribution in [1.82, 2.24) is 4.98 Å². The molecule has 1 atom stereocenters. The molecule has 1 aromatic carbocycles. The Bertz CT molecular complexity index is 583. The number of nitrogens with zero attached hydrogens (tertiary/aromatic N) is 1. The molecule has 2 rings (SSSR count). The molecule has 0 radical (unpaired) electrons. The second-order valence-corrected chi connectivity index (χ2v) is 6.28. The highest BCUT2D eigenvalue weighted by Gasteiger charge is 2.09. The zero-order valence-electron chi connectivity index (χ0n) is 11.0. The first-order valence-electron chi connectivity index (χ1n) is 6.20. The Kier molecular flexibility index (Phi) is 4.98. The van der Waals surface area contributed by atoms with Gasteiger partial charge in [-0.3, -0.25) is 4.79 Å². The standard InChI is InChI=1S/C14H15ClN2O2S/c1-9(6-14(18)19)10-2-4-11(5-3-10)16-8-13-17-7-12(15)20-13/h2-5,7,9,16H,6,8H2,1H3,(H,18,19). The third-order valence-corrected chi connectivity index (χ3v) is 4.04. The average Bonchev–Trinajstić information content (AvgIpc) is 2.82. The Hall–Kier alpha value is -1.59. The summed E-state index contributed by atoms with van der Waals surface area (Å²) in [6.45, 7) is 2.54. The summed E-state index contributed by atoms with van der Waals surface area (Å²) >= 11 is 7.27. The van der Waals surface area contributed by atoms with E-state index in [2.05, 4.69) is 10.3 Å². The van der Waals surface area contributed by atoms with Crippen molar-refractivity contribution in [3.8, 4) is 0 Å². The predicted molar refractivity (Wildman–Crippen MR) is 81.6 cm³/mol. The lowest BCUT2D eigenvalue weighted by Crippen LogP contribution is -2.03. The monoisotopic (exact) mass is 310 g/mol. The van der Waals surface area contributed by atoms with E-state index < -0.39 is 5.97 Å². The Balaban J connectivity index is 1.92. The number of hydrogen-bond donors (Lipinski definition) is 2. The van der Waals surface area contributed by atoms with Gasteiger partial charge in [0.05, 0.1) is 19.2 Å². The SMILES string of the molecule is CC(CC(=O)O)c1ccc(NCc2ncc(Cl)s2)cc1. The molecule has 0 aliphatic heterocycles. The van der Waals surface area contributed by atoms with E-state index in [0.29, 0.717) is 10.9 Å². The third-order valence-electron chi connectivity index (χ3n) is 2.93. The number of halogens is 1. The van der Waals surface area contributed by atoms with Crippen LogP contribution in [0.1, 0.15) is 29.8 Å². The molecule has 1 aromatic heterocycles. The second kappa shape index (κ2) is 6.72. The number of anilines is 1. The van der Waals surface area contributed by atoms with Gasteiger partial charge in [0.15, 0.2) is 0 Å². The normalized spacial score (nSPS) is 12.1. The van der Waals surface area contributed by atoms with E-state index in [-0.39, 0.29) is 12.3 Å². The number of benzene rings is 1. The molecule has 106 valence electrons. The molecule has 0 saturated heterocycles. The Morgan fingerprint density at radius 3 is 2.70 bits per heavy atom. The molecular formula is C14H15ClN2O2S. The van der Waals surface area contributed by atoms with E-state index in [1.807, 2.05) is 31.2 Å². The van der Waals surface area contributed by atoms with Gasteiger partial charge in [0.25, 0.3) is 0 Å². The van der Waals surface area contributed by atoms with Gasteiger partial charge in [0.1, 0.15) is 9.34 Å². The molecule has 6 heteroatoms. The van der Waals surface area contributed by atoms with Gasteiger partial charge in [0, 0.05) is 5.69 Å². The molecule has 0 amide bonds. The maximum Gasteiger partial charge on any atom is 0.303 e. The van der Waals surface area contributed by atoms with E-state index in [4.69, 9.17) is 16.7 Å². The highest BCUT2D eigenvalue weighted by atomic mass is 35.5. The van der Waals surface area contributed by atoms with E-state index in [1.54, 1.807) is 6.20 Å². The zero-order chi connectivity index (χ0) is 14.5. The summed E-state index contributed by atoms with van der Waals surface area (Å²) in [6, 6.07) is 7.79. The van der Waals surface area contributed by atoms with Gasteiger partial charge in [-0.05, 0) is 23.6 Å². The van der Waals surface area contributed by atoms with E-state index in [1.165, 1.54) is 11.3 Å². The lowest BCUT2D eigenvalue weighted by Gasteiger charge is -2.10. The van der Waals surface area contributed by atoms with Crippen molar-refractivity contribution in [1.29, 1.82) is 0 Å². The minimum absolute atomic E-state index is 0.0133. The van der Waals surface area contributed by atoms with Crippen LogP contribution in [0, 0.1) is 0 Å². The van der Waals surface area contributed by atoms with Crippen LogP contribution in [0.25, 0.3) is 0 Å². The lowest BCUT2D eigenvalue weighted by molar-refractivity contribution is -0.137. The minimum atomic E-state index is -0.777. The second-order valence-electron chi connectivity index (χ2n) is 4.53. The fourth-order valence-corrected chi connectivity index (χ4v) is 2.75. The molecule has 1 heterocycles. The van der Waals surface area contributed by atoms with Gasteiger partial charge in [-0.15, -0.1) is 11.3 Å². The summed E-state index contributed by atoms with van der Waals surface area (Å²) < 4.78 is 0.680. The molecule has 0 aliphatic rings. The van der Waals surface area contributed by atoms with Gasteiger partial charge in [-0.25, -0.2) is 4.98 Å². The van der Waals surface area contributed by atoms with Crippen LogP contribution in [0.3, 0.4) is 0 Å². The molecule has 0 bridgehead atoms. The fraction of sp³-hybridized carbons (Fsp3) is 0.286. The molecule has 0 spiro atoms. The van der Waals surface area contributed by atoms with E-state index in [9.17, 15) is 4.79 Å². The average molecular weight is 311 g/mol. The number of aromatic nitrogens is 1. The smallest absolute Gasteiger partial charge is 0.303 e. The molecule has 0 aliphatic carbocycles. The summed E-state index contributed by atoms with van der Waals surface area (Å²) in [5.41, 5.74) is 2.00. The van der Waals surface area contributed by atoms with Crippen LogP contribution in [0.15, 0.2) is 30.5 Å². The van der Waals surface area contributed by atoms with Crippen molar-refractivity contribution < 1.29 is 9.90 Å². The largest absolute Gasteiger partial charge is 0.481 e. The summed E-state index contributed by atoms with van der Waals surface area (Å²) in [5, 5.41) is 13.0. The molecule has 4 nitrogen and oxygen atoms in total. The first-order valence-corrected chi connectivity index (χ1v) is 7.40. The number of carbonyl (C=O) groups is 1. The Labute approximate surface area is 126 Å². The van der Waals surface area contributed by atoms with Crippen molar-refractivity contribution in [2.45, 2.75) is 25.8 Å². The van der Waals surface area contributed by atoms with Gasteiger partial charge in [-0.1, -0.05) is 30.7 Å². The third kappa shape index (κ3) is 4.21. The quantitative estimate of drug-likeness (QED) is 0.847. The van der Waals surface area contributed by atoms with E-state index in [0.717, 1.165) is 16.3 Å². The summed E-state index contributed by atoms with van der Waals surface area (Å²) in [4.78, 5) is 14.9. The molecule has 20 heavy (non-hydrogen) atoms. The van der Waals surface area contributed by atoms with Crippen LogP contribution < -0.4 is 5.32 Å². The van der Waals surface area contributed by atoms with Crippen LogP contribution in [0.2, 0.25) is 4.34 Å². The summed E-state index contributed by atoms with van der Waals surface area (Å²) in [7, 11) is 0. The Morgan fingerprint density at radius 2 is 2.15 bits per heavy atom. The predicted octanol–water partition coefficient (Wildman–Crippen LogP) is 3.99. The summed E-state index contributed by atoms with van der Waals surface area (Å²) in [5.74, 6) is -0.764. The fourth-order valence-electron chi connectivity index (χ4n) is 1.86. The number of carboxylic acids is 1. The number of nitrogens with one attached hydrogen (secondary N) is 1. The highest BCUT2D eigenvalue weighted by molar-refractivity contribution is 7.15. The maximum atomic E-state index is 10.7. The Morgan fingerprint density at radius 1 is 1.45 bits per heavy atom. The van der Waals surface area contributed by atoms with Gasteiger partial charge < -0.3 is 10.4 Å². The van der Waals surface area contributed by atoms with Crippen molar-refractivity contribution >= 4 is 34.6 Å². The maximum absolute atomic E-state index is 10.7. The molecule has 1 unspecified atom stereocenters. The lowest BCUT2D eigenvalue weighted by atomic mass is 9.98. The number of thiazole rings is 1. The van der Waals surface area contributed by atoms with Gasteiger partial charge in [-0.2, -0.15) is 0 Å². The van der Waals surface area contributed by atoms with E-state index >= 15 is 0 Å². The first kappa shape index (κ1) is 14.8. The van der Waals surface area contributed by atoms with Crippen molar-refractivity contribution in [3.63, 3.8) is 0 Å². The topological polar surface area (TPSA) is 62.2 Å². The van der Waals surface area contributed by atoms with Crippen molar-refractivity contribution in [2.24, 2.45) is 0 Å². The summed E-state index contributed by atoms with van der Waals surface area (Å²) in [6.07, 6.45) is 1.78. The number of carboxylic acid groups (broad SMARTS) is 1. The molecule has 0 saturated carbocycles. The van der Waals surface area contributed by atoms with Gasteiger partial charge in [0.2, 0.25) is 0 Å². The van der Waals surface area contributed by atoms with Crippen LogP contribution in [0.5, 0.6) is 0 Å². The molecule has 2 N–H and O–H groups in total. The first-order chi connectivity index (χ1) is 9.54. The van der Waals surface area contributed by atoms with Gasteiger partial charge >= 0.3 is 5.97 Å². The number of hydrogen-bond acceptors (Lipinski definition) is 4. The van der Waals surface area contributed by atoms with Crippen molar-refractivity contribution in [2.75, 3.05) is 5.32 Å².